The minimum Gasteiger partial charge on any atom is -0.366 e. The zero-order valence-electron chi connectivity index (χ0n) is 9.58. The van der Waals surface area contributed by atoms with Crippen molar-refractivity contribution in [3.8, 4) is 0 Å². The number of hydrogen-bond acceptors (Lipinski definition) is 3. The van der Waals surface area contributed by atoms with Gasteiger partial charge >= 0.3 is 0 Å². The van der Waals surface area contributed by atoms with Gasteiger partial charge in [0, 0.05) is 51.1 Å². The second-order valence-electron chi connectivity index (χ2n) is 3.99. The molecule has 0 bridgehead atoms. The monoisotopic (exact) mass is 427 g/mol. The third-order valence-electron chi connectivity index (χ3n) is 2.92. The molecule has 4 nitrogen and oxygen atoms in total. The maximum atomic E-state index is 12.1. The largest absolute Gasteiger partial charge is 0.366 e. The molecule has 1 heterocycles. The fraction of sp³-hybridized carbons (Fsp3) is 0.417. The molecule has 18 heavy (non-hydrogen) atoms. The van der Waals surface area contributed by atoms with Gasteiger partial charge < -0.3 is 15.1 Å². The van der Waals surface area contributed by atoms with Crippen LogP contribution >= 0.6 is 0 Å². The Morgan fingerprint density at radius 3 is 2.39 bits per heavy atom. The number of carbonyl (C=O) groups is 1. The second-order valence-corrected chi connectivity index (χ2v) is 3.99. The molecule has 0 aliphatic carbocycles. The predicted molar refractivity (Wildman–Crippen MR) is 58.7 cm³/mol. The summed E-state index contributed by atoms with van der Waals surface area (Å²) in [6.45, 7) is 0.593. The predicted octanol–water partition coefficient (Wildman–Crippen LogP) is 0.597. The van der Waals surface area contributed by atoms with Crippen molar-refractivity contribution in [2.24, 2.45) is 0 Å². The summed E-state index contributed by atoms with van der Waals surface area (Å²) in [5.41, 5.74) is 0.593. The van der Waals surface area contributed by atoms with Crippen LogP contribution < -0.4 is 0 Å². The van der Waals surface area contributed by atoms with Gasteiger partial charge in [-0.3, -0.25) is 4.79 Å². The first-order valence-electron chi connectivity index (χ1n) is 5.42. The van der Waals surface area contributed by atoms with Gasteiger partial charge in [0.25, 0.3) is 5.91 Å². The van der Waals surface area contributed by atoms with E-state index >= 15 is 0 Å². The van der Waals surface area contributed by atoms with Crippen molar-refractivity contribution in [2.75, 3.05) is 6.54 Å². The van der Waals surface area contributed by atoms with Gasteiger partial charge in [-0.2, -0.15) is 0 Å². The van der Waals surface area contributed by atoms with Crippen molar-refractivity contribution in [3.05, 3.63) is 35.9 Å². The fourth-order valence-corrected chi connectivity index (χ4v) is 2.10. The number of rotatable bonds is 2. The molecule has 1 amide bonds. The van der Waals surface area contributed by atoms with Crippen LogP contribution in [-0.4, -0.2) is 39.9 Å². The van der Waals surface area contributed by atoms with Gasteiger partial charge in [-0.05, 0) is 25.0 Å². The molecule has 1 atom stereocenters. The average molecular weight is 427 g/mol. The number of amides is 1. The normalized spacial score (nSPS) is 18.2. The molecule has 2 rings (SSSR count). The van der Waals surface area contributed by atoms with E-state index in [1.165, 1.54) is 0 Å². The maximum Gasteiger partial charge on any atom is 0.254 e. The van der Waals surface area contributed by atoms with Crippen LogP contribution in [0.4, 0.5) is 0 Å². The van der Waals surface area contributed by atoms with Crippen LogP contribution in [0.5, 0.6) is 0 Å². The standard InChI is InChI=1S/C12H15NO3.2Rh/c14-11(9-5-2-1-3-6-9)13-8-4-7-10(13)12(15)16;;/h1-3,5-6,10,12,15-16H,4,7-8H2;;/t10-;;/m0../s1. The van der Waals surface area contributed by atoms with Gasteiger partial charge in [-0.15, -0.1) is 0 Å². The van der Waals surface area contributed by atoms with Crippen molar-refractivity contribution in [2.45, 2.75) is 25.2 Å². The summed E-state index contributed by atoms with van der Waals surface area (Å²) in [6.07, 6.45) is 0.0204. The summed E-state index contributed by atoms with van der Waals surface area (Å²) in [7, 11) is 0. The van der Waals surface area contributed by atoms with Gasteiger partial charge in [0.2, 0.25) is 0 Å². The molecular weight excluding hydrogens is 412 g/mol. The summed E-state index contributed by atoms with van der Waals surface area (Å²) in [5, 5.41) is 18.4. The van der Waals surface area contributed by atoms with Crippen LogP contribution in [-0.2, 0) is 39.0 Å². The number of nitrogens with zero attached hydrogens (tertiary/aromatic N) is 1. The molecule has 0 spiro atoms. The van der Waals surface area contributed by atoms with Crippen LogP contribution in [0.1, 0.15) is 23.2 Å². The Bertz CT molecular complexity index is 373. The molecule has 0 aromatic heterocycles. The second kappa shape index (κ2) is 8.11. The molecule has 2 N–H and O–H groups in total. The third kappa shape index (κ3) is 3.93. The van der Waals surface area contributed by atoms with E-state index in [2.05, 4.69) is 0 Å². The van der Waals surface area contributed by atoms with Crippen LogP contribution in [0.2, 0.25) is 0 Å². The number of hydrogen-bond donors (Lipinski definition) is 2. The number of likely N-dealkylation sites (tertiary alicyclic amines) is 1. The summed E-state index contributed by atoms with van der Waals surface area (Å²) >= 11 is 0. The molecule has 1 aliphatic heterocycles. The van der Waals surface area contributed by atoms with Crippen molar-refractivity contribution in [1.82, 2.24) is 4.90 Å². The van der Waals surface area contributed by atoms with Gasteiger partial charge in [0.1, 0.15) is 0 Å². The fourth-order valence-electron chi connectivity index (χ4n) is 2.10. The minimum absolute atomic E-state index is 0. The van der Waals surface area contributed by atoms with Gasteiger partial charge in [-0.25, -0.2) is 0 Å². The van der Waals surface area contributed by atoms with Gasteiger partial charge in [-0.1, -0.05) is 18.2 Å². The summed E-state index contributed by atoms with van der Waals surface area (Å²) in [6, 6.07) is 8.45. The molecule has 1 aliphatic rings. The molecule has 1 aromatic rings. The van der Waals surface area contributed by atoms with E-state index < -0.39 is 12.3 Å². The average Bonchev–Trinajstić information content (AvgIpc) is 2.78. The Labute approximate surface area is 132 Å². The van der Waals surface area contributed by atoms with Crippen molar-refractivity contribution >= 4 is 5.91 Å². The smallest absolute Gasteiger partial charge is 0.254 e. The van der Waals surface area contributed by atoms with Crippen LogP contribution in [0, 0.1) is 0 Å². The Hall–Kier alpha value is -0.143. The molecule has 2 radical (unpaired) electrons. The first-order valence-corrected chi connectivity index (χ1v) is 5.42. The van der Waals surface area contributed by atoms with E-state index in [0.29, 0.717) is 18.5 Å². The quantitative estimate of drug-likeness (QED) is 0.537. The Balaban J connectivity index is 0.00000144. The number of benzene rings is 1. The van der Waals surface area contributed by atoms with E-state index in [4.69, 9.17) is 0 Å². The maximum absolute atomic E-state index is 12.1. The molecule has 0 unspecified atom stereocenters. The van der Waals surface area contributed by atoms with Crippen LogP contribution in [0.3, 0.4) is 0 Å². The first kappa shape index (κ1) is 17.9. The number of aliphatic hydroxyl groups is 2. The molecular formula is C12H15NO3Rh2. The van der Waals surface area contributed by atoms with Crippen molar-refractivity contribution in [1.29, 1.82) is 0 Å². The Kier molecular flexibility index (Phi) is 8.05. The van der Waals surface area contributed by atoms with Gasteiger partial charge in [0.15, 0.2) is 6.29 Å². The van der Waals surface area contributed by atoms with Crippen molar-refractivity contribution in [3.63, 3.8) is 0 Å². The Morgan fingerprint density at radius 1 is 1.22 bits per heavy atom. The molecule has 6 heteroatoms. The topological polar surface area (TPSA) is 60.8 Å². The van der Waals surface area contributed by atoms with Gasteiger partial charge in [0.05, 0.1) is 6.04 Å². The SMILES string of the molecule is O=C(c1ccccc1)N1CCC[C@H]1C(O)O.[Rh].[Rh]. The van der Waals surface area contributed by atoms with Crippen LogP contribution in [0.15, 0.2) is 30.3 Å². The zero-order valence-corrected chi connectivity index (χ0v) is 12.9. The summed E-state index contributed by atoms with van der Waals surface area (Å²) < 4.78 is 0. The summed E-state index contributed by atoms with van der Waals surface area (Å²) in [5.74, 6) is -0.129. The summed E-state index contributed by atoms with van der Waals surface area (Å²) in [4.78, 5) is 13.6. The van der Waals surface area contributed by atoms with Crippen LogP contribution in [0.25, 0.3) is 0 Å². The van der Waals surface area contributed by atoms with E-state index in [1.807, 2.05) is 6.07 Å². The molecule has 1 saturated heterocycles. The molecule has 104 valence electrons. The first-order chi connectivity index (χ1) is 7.70. The molecule has 1 aromatic carbocycles. The van der Waals surface area contributed by atoms with E-state index in [-0.39, 0.29) is 44.9 Å². The molecule has 1 fully saturated rings. The van der Waals surface area contributed by atoms with E-state index in [9.17, 15) is 15.0 Å². The Morgan fingerprint density at radius 2 is 1.83 bits per heavy atom. The van der Waals surface area contributed by atoms with Crippen molar-refractivity contribution < 1.29 is 54.0 Å². The zero-order chi connectivity index (χ0) is 11.5. The number of aliphatic hydroxyl groups excluding tert-OH is 1. The minimum atomic E-state index is -1.45. The molecule has 0 saturated carbocycles. The third-order valence-corrected chi connectivity index (χ3v) is 2.92. The van der Waals surface area contributed by atoms with E-state index in [1.54, 1.807) is 29.2 Å². The van der Waals surface area contributed by atoms with E-state index in [0.717, 1.165) is 6.42 Å². The number of carbonyl (C=O) groups excluding carboxylic acids is 1.